The van der Waals surface area contributed by atoms with E-state index in [0.717, 1.165) is 31.2 Å². The summed E-state index contributed by atoms with van der Waals surface area (Å²) in [5.74, 6) is -1.24. The second kappa shape index (κ2) is 11.0. The quantitative estimate of drug-likeness (QED) is 0.465. The molecule has 2 aliphatic rings. The minimum atomic E-state index is -0.936. The first-order chi connectivity index (χ1) is 15.3. The summed E-state index contributed by atoms with van der Waals surface area (Å²) in [5.41, 5.74) is 1.12. The molecule has 0 unspecified atom stereocenters. The topological polar surface area (TPSA) is 87.2 Å². The number of carboxylic acids is 1. The van der Waals surface area contributed by atoms with E-state index in [9.17, 15) is 19.5 Å². The summed E-state index contributed by atoms with van der Waals surface area (Å²) >= 11 is 0. The van der Waals surface area contributed by atoms with Crippen molar-refractivity contribution in [1.82, 2.24) is 9.71 Å². The number of carbonyl (C=O) groups excluding carboxylic acids is 2. The molecule has 0 radical (unpaired) electrons. The van der Waals surface area contributed by atoms with Crippen LogP contribution in [0.25, 0.3) is 0 Å². The minimum Gasteiger partial charge on any atom is -0.480 e. The van der Waals surface area contributed by atoms with Gasteiger partial charge in [-0.05, 0) is 57.4 Å². The molecular weight excluding hydrogens is 407 g/mol. The second-order valence-electron chi connectivity index (χ2n) is 9.08. The molecule has 1 amide bonds. The van der Waals surface area contributed by atoms with Crippen LogP contribution in [0.1, 0.15) is 57.9 Å². The number of rotatable bonds is 9. The highest BCUT2D eigenvalue weighted by atomic mass is 16.5. The number of ether oxygens (including phenoxy) is 1. The van der Waals surface area contributed by atoms with Gasteiger partial charge in [0.1, 0.15) is 6.04 Å². The van der Waals surface area contributed by atoms with Crippen molar-refractivity contribution in [3.05, 3.63) is 35.9 Å². The normalized spacial score (nSPS) is 24.6. The molecule has 1 heterocycles. The molecule has 3 rings (SSSR count). The molecule has 1 aliphatic carbocycles. The average Bonchev–Trinajstić information content (AvgIpc) is 3.19. The Morgan fingerprint density at radius 2 is 1.91 bits per heavy atom. The Bertz CT molecular complexity index is 805. The van der Waals surface area contributed by atoms with Crippen LogP contribution < -0.4 is 0 Å². The molecule has 1 saturated heterocycles. The van der Waals surface area contributed by atoms with Crippen LogP contribution in [-0.4, -0.2) is 71.4 Å². The van der Waals surface area contributed by atoms with Crippen LogP contribution in [0.2, 0.25) is 0 Å². The zero-order valence-corrected chi connectivity index (χ0v) is 19.4. The van der Waals surface area contributed by atoms with Gasteiger partial charge in [-0.15, -0.1) is 0 Å². The van der Waals surface area contributed by atoms with Gasteiger partial charge in [0.05, 0.1) is 18.7 Å². The van der Waals surface area contributed by atoms with Crippen LogP contribution in [0, 0.1) is 5.92 Å². The predicted octanol–water partition coefficient (Wildman–Crippen LogP) is 2.03. The van der Waals surface area contributed by atoms with Crippen LogP contribution in [0.3, 0.4) is 0 Å². The Kier molecular flexibility index (Phi) is 8.35. The van der Waals surface area contributed by atoms with Crippen LogP contribution in [-0.2, 0) is 25.5 Å². The highest BCUT2D eigenvalue weighted by Crippen LogP contribution is 2.40. The fourth-order valence-electron chi connectivity index (χ4n) is 5.33. The average molecular weight is 442 g/mol. The first kappa shape index (κ1) is 24.3. The molecule has 8 heteroatoms. The Hall–Kier alpha value is -2.35. The van der Waals surface area contributed by atoms with Crippen LogP contribution >= 0.6 is 0 Å². The fraction of sp³-hybridized carbons (Fsp3) is 0.625. The number of fused-ring (bicyclic) bond motifs is 1. The van der Waals surface area contributed by atoms with E-state index in [2.05, 4.69) is 0 Å². The maximum atomic E-state index is 13.6. The lowest BCUT2D eigenvalue weighted by Crippen LogP contribution is -2.56. The third-order valence-corrected chi connectivity index (χ3v) is 7.20. The number of aryl methyl sites for hydroxylation is 1. The number of hydrogen-bond acceptors (Lipinski definition) is 5. The molecule has 1 saturated carbocycles. The lowest BCUT2D eigenvalue weighted by Gasteiger charge is -2.38. The van der Waals surface area contributed by atoms with Gasteiger partial charge >= 0.3 is 11.9 Å². The molecule has 32 heavy (non-hydrogen) atoms. The van der Waals surface area contributed by atoms with E-state index in [1.165, 1.54) is 0 Å². The van der Waals surface area contributed by atoms with E-state index < -0.39 is 24.1 Å². The number of aliphatic carboxylic acids is 1. The van der Waals surface area contributed by atoms with E-state index in [-0.39, 0.29) is 30.4 Å². The predicted molar refractivity (Wildman–Crippen MR) is 124 cm³/mol. The molecule has 1 aromatic carbocycles. The van der Waals surface area contributed by atoms with Gasteiger partial charge in [-0.1, -0.05) is 43.2 Å². The zero-order valence-electron chi connectivity index (χ0n) is 19.4. The van der Waals surface area contributed by atoms with Gasteiger partial charge in [0.2, 0.25) is 5.91 Å². The summed E-state index contributed by atoms with van der Waals surface area (Å²) < 4.78 is 5.31. The summed E-state index contributed by atoms with van der Waals surface area (Å²) in [6.07, 6.45) is 5.67. The van der Waals surface area contributed by atoms with Gasteiger partial charge < -0.3 is 19.6 Å². The van der Waals surface area contributed by atoms with E-state index in [0.29, 0.717) is 19.3 Å². The van der Waals surface area contributed by atoms with E-state index in [1.54, 1.807) is 31.5 Å². The SMILES string of the molecule is BN([C@@H](C)C(=O)N1[C@H](C(=O)O)C[C@H]2CCCC[C@@H]21)[C@@H](CCc1ccccc1)C(=O)OCC. The second-order valence-corrected chi connectivity index (χ2v) is 9.08. The van der Waals surface area contributed by atoms with E-state index in [1.807, 2.05) is 30.3 Å². The number of benzene rings is 1. The molecule has 0 aromatic heterocycles. The molecule has 7 nitrogen and oxygen atoms in total. The summed E-state index contributed by atoms with van der Waals surface area (Å²) in [7, 11) is 1.76. The number of amides is 1. The number of carboxylic acid groups (broad SMARTS) is 1. The van der Waals surface area contributed by atoms with Crippen molar-refractivity contribution in [2.75, 3.05) is 6.61 Å². The van der Waals surface area contributed by atoms with Gasteiger partial charge in [-0.2, -0.15) is 0 Å². The van der Waals surface area contributed by atoms with Crippen molar-refractivity contribution in [1.29, 1.82) is 0 Å². The van der Waals surface area contributed by atoms with Crippen molar-refractivity contribution in [2.45, 2.75) is 83.0 Å². The highest BCUT2D eigenvalue weighted by Gasteiger charge is 2.49. The van der Waals surface area contributed by atoms with E-state index >= 15 is 0 Å². The summed E-state index contributed by atoms with van der Waals surface area (Å²) in [6, 6.07) is 7.91. The lowest BCUT2D eigenvalue weighted by atomic mass is 9.84. The number of nitrogens with zero attached hydrogens (tertiary/aromatic N) is 2. The monoisotopic (exact) mass is 442 g/mol. The smallest absolute Gasteiger partial charge is 0.326 e. The van der Waals surface area contributed by atoms with Crippen LogP contribution in [0.4, 0.5) is 0 Å². The minimum absolute atomic E-state index is 0.0152. The lowest BCUT2D eigenvalue weighted by molar-refractivity contribution is -0.154. The number of hydrogen-bond donors (Lipinski definition) is 1. The molecule has 5 atom stereocenters. The largest absolute Gasteiger partial charge is 0.480 e. The standard InChI is InChI=1S/C24H35BN2O5/c1-3-32-24(31)20(14-13-17-9-5-4-6-10-17)27(25)16(2)22(28)26-19-12-8-7-11-18(19)15-21(26)23(29)30/h4-6,9-10,16,18-21H,3,7-8,11-15,25H2,1-2H3,(H,29,30)/t16-,18+,19-,20-,21-/m0/s1. The third-order valence-electron chi connectivity index (χ3n) is 7.20. The maximum absolute atomic E-state index is 13.6. The van der Waals surface area contributed by atoms with Crippen LogP contribution in [0.5, 0.6) is 0 Å². The van der Waals surface area contributed by atoms with Crippen molar-refractivity contribution < 1.29 is 24.2 Å². The maximum Gasteiger partial charge on any atom is 0.326 e. The third kappa shape index (κ3) is 5.34. The highest BCUT2D eigenvalue weighted by molar-refractivity contribution is 6.09. The van der Waals surface area contributed by atoms with E-state index in [4.69, 9.17) is 4.74 Å². The van der Waals surface area contributed by atoms with Gasteiger partial charge in [-0.3, -0.25) is 9.59 Å². The van der Waals surface area contributed by atoms with Crippen molar-refractivity contribution in [3.63, 3.8) is 0 Å². The number of carbonyl (C=O) groups is 3. The molecule has 0 spiro atoms. The number of likely N-dealkylation sites (tertiary alicyclic amines) is 1. The molecule has 174 valence electrons. The van der Waals surface area contributed by atoms with Crippen molar-refractivity contribution in [2.24, 2.45) is 5.92 Å². The molecule has 2 fully saturated rings. The van der Waals surface area contributed by atoms with Gasteiger partial charge in [0.25, 0.3) is 0 Å². The molecule has 0 bridgehead atoms. The first-order valence-corrected chi connectivity index (χ1v) is 11.8. The Balaban J connectivity index is 1.76. The fourth-order valence-corrected chi connectivity index (χ4v) is 5.33. The van der Waals surface area contributed by atoms with Crippen molar-refractivity contribution >= 4 is 25.8 Å². The molecule has 1 aliphatic heterocycles. The van der Waals surface area contributed by atoms with Crippen molar-refractivity contribution in [3.8, 4) is 0 Å². The zero-order chi connectivity index (χ0) is 23.3. The number of esters is 1. The molecule has 1 aromatic rings. The Morgan fingerprint density at radius 3 is 2.56 bits per heavy atom. The summed E-state index contributed by atoms with van der Waals surface area (Å²) in [5, 5.41) is 9.80. The van der Waals surface area contributed by atoms with Gasteiger partial charge in [0.15, 0.2) is 7.98 Å². The molecular formula is C24H35BN2O5. The van der Waals surface area contributed by atoms with Gasteiger partial charge in [-0.25, -0.2) is 4.79 Å². The Labute approximate surface area is 191 Å². The van der Waals surface area contributed by atoms with Crippen LogP contribution in [0.15, 0.2) is 30.3 Å². The van der Waals surface area contributed by atoms with Gasteiger partial charge in [0, 0.05) is 6.04 Å². The summed E-state index contributed by atoms with van der Waals surface area (Å²) in [6.45, 7) is 3.81. The first-order valence-electron chi connectivity index (χ1n) is 11.8. The molecule has 1 N–H and O–H groups in total. The Morgan fingerprint density at radius 1 is 1.22 bits per heavy atom. The summed E-state index contributed by atoms with van der Waals surface area (Å²) in [4.78, 5) is 41.7.